The molecule has 2 aliphatic heterocycles. The summed E-state index contributed by atoms with van der Waals surface area (Å²) in [6.07, 6.45) is 0. The van der Waals surface area contributed by atoms with Gasteiger partial charge in [0.1, 0.15) is 5.75 Å². The minimum Gasteiger partial charge on any atom is -0.492 e. The minimum atomic E-state index is 0.270. The van der Waals surface area contributed by atoms with E-state index in [1.165, 1.54) is 0 Å². The number of anilines is 1. The molecule has 0 N–H and O–H groups in total. The van der Waals surface area contributed by atoms with E-state index in [9.17, 15) is 0 Å². The smallest absolute Gasteiger partial charge is 0.128 e. The van der Waals surface area contributed by atoms with Gasteiger partial charge < -0.3 is 4.74 Å². The highest BCUT2D eigenvalue weighted by Crippen LogP contribution is 2.35. The maximum absolute atomic E-state index is 6.10. The molecular formula is C16H12Cl2N2O. The second kappa shape index (κ2) is 4.93. The number of ether oxygens (including phenoxy) is 1. The number of halogens is 2. The van der Waals surface area contributed by atoms with Gasteiger partial charge in [-0.25, -0.2) is 0 Å². The number of nitrogens with zero attached hydrogens (tertiary/aromatic N) is 2. The Kier molecular flexibility index (Phi) is 3.05. The van der Waals surface area contributed by atoms with Gasteiger partial charge in [0.2, 0.25) is 0 Å². The fourth-order valence-corrected chi connectivity index (χ4v) is 3.05. The van der Waals surface area contributed by atoms with Gasteiger partial charge in [-0.2, -0.15) is 5.10 Å². The third-order valence-corrected chi connectivity index (χ3v) is 4.28. The highest BCUT2D eigenvalue weighted by molar-refractivity contribution is 6.31. The second-order valence-electron chi connectivity index (χ2n) is 5.19. The molecule has 21 heavy (non-hydrogen) atoms. The molecule has 2 aromatic carbocycles. The lowest BCUT2D eigenvalue weighted by molar-refractivity contribution is 0.280. The maximum Gasteiger partial charge on any atom is 0.128 e. The molecule has 2 heterocycles. The van der Waals surface area contributed by atoms with Crippen LogP contribution in [0.1, 0.15) is 5.56 Å². The van der Waals surface area contributed by atoms with E-state index >= 15 is 0 Å². The van der Waals surface area contributed by atoms with Crippen molar-refractivity contribution < 1.29 is 4.74 Å². The summed E-state index contributed by atoms with van der Waals surface area (Å²) in [7, 11) is 0. The van der Waals surface area contributed by atoms with Crippen LogP contribution in [0.25, 0.3) is 0 Å². The predicted molar refractivity (Wildman–Crippen MR) is 85.8 cm³/mol. The molecule has 2 aromatic rings. The van der Waals surface area contributed by atoms with Crippen LogP contribution in [0, 0.1) is 5.92 Å². The zero-order chi connectivity index (χ0) is 14.4. The molecule has 5 heteroatoms. The van der Waals surface area contributed by atoms with Gasteiger partial charge in [0, 0.05) is 15.6 Å². The van der Waals surface area contributed by atoms with Crippen LogP contribution in [-0.2, 0) is 0 Å². The van der Waals surface area contributed by atoms with Crippen molar-refractivity contribution in [2.24, 2.45) is 11.0 Å². The Labute approximate surface area is 132 Å². The molecule has 0 fully saturated rings. The highest BCUT2D eigenvalue weighted by atomic mass is 35.5. The lowest BCUT2D eigenvalue weighted by Crippen LogP contribution is -2.29. The van der Waals surface area contributed by atoms with E-state index in [2.05, 4.69) is 0 Å². The Morgan fingerprint density at radius 1 is 1.05 bits per heavy atom. The maximum atomic E-state index is 6.10. The first-order chi connectivity index (χ1) is 10.2. The van der Waals surface area contributed by atoms with E-state index in [4.69, 9.17) is 33.0 Å². The van der Waals surface area contributed by atoms with E-state index < -0.39 is 0 Å². The number of hydrogen-bond acceptors (Lipinski definition) is 3. The van der Waals surface area contributed by atoms with Gasteiger partial charge in [-0.05, 0) is 42.5 Å². The summed E-state index contributed by atoms with van der Waals surface area (Å²) in [5, 5.41) is 8.18. The van der Waals surface area contributed by atoms with Crippen molar-refractivity contribution in [2.45, 2.75) is 0 Å². The van der Waals surface area contributed by atoms with Crippen molar-refractivity contribution >= 4 is 34.6 Å². The standard InChI is InChI=1S/C16H12Cl2N2O/c17-11-1-4-13(5-2-11)20-8-10-9-21-15-6-3-12(18)7-14(15)16(10)19-20/h1-7,10H,8-9H2. The summed E-state index contributed by atoms with van der Waals surface area (Å²) < 4.78 is 5.81. The first-order valence-electron chi connectivity index (χ1n) is 6.75. The SMILES string of the molecule is Clc1ccc(N2CC3COc4ccc(Cl)cc4C3=N2)cc1. The summed E-state index contributed by atoms with van der Waals surface area (Å²) in [6.45, 7) is 1.46. The highest BCUT2D eigenvalue weighted by Gasteiger charge is 2.34. The third kappa shape index (κ3) is 2.27. The lowest BCUT2D eigenvalue weighted by Gasteiger charge is -2.22. The Morgan fingerprint density at radius 3 is 2.62 bits per heavy atom. The number of hydrazone groups is 1. The van der Waals surface area contributed by atoms with Crippen molar-refractivity contribution in [3.63, 3.8) is 0 Å². The molecule has 1 unspecified atom stereocenters. The van der Waals surface area contributed by atoms with Crippen LogP contribution >= 0.6 is 23.2 Å². The molecule has 0 bridgehead atoms. The molecule has 0 spiro atoms. The van der Waals surface area contributed by atoms with Crippen LogP contribution < -0.4 is 9.75 Å². The van der Waals surface area contributed by atoms with Crippen LogP contribution in [0.3, 0.4) is 0 Å². The van der Waals surface area contributed by atoms with Gasteiger partial charge in [0.25, 0.3) is 0 Å². The van der Waals surface area contributed by atoms with Gasteiger partial charge in [-0.15, -0.1) is 0 Å². The van der Waals surface area contributed by atoms with Crippen molar-refractivity contribution in [1.29, 1.82) is 0 Å². The monoisotopic (exact) mass is 318 g/mol. The fraction of sp³-hybridized carbons (Fsp3) is 0.188. The Bertz CT molecular complexity index is 728. The molecule has 0 saturated carbocycles. The minimum absolute atomic E-state index is 0.270. The van der Waals surface area contributed by atoms with Gasteiger partial charge in [-0.3, -0.25) is 5.01 Å². The van der Waals surface area contributed by atoms with Crippen LogP contribution in [-0.4, -0.2) is 18.9 Å². The topological polar surface area (TPSA) is 24.8 Å². The Morgan fingerprint density at radius 2 is 1.81 bits per heavy atom. The van der Waals surface area contributed by atoms with Gasteiger partial charge >= 0.3 is 0 Å². The molecule has 0 saturated heterocycles. The lowest BCUT2D eigenvalue weighted by atomic mass is 9.95. The molecule has 0 aliphatic carbocycles. The molecule has 4 rings (SSSR count). The first-order valence-corrected chi connectivity index (χ1v) is 7.50. The van der Waals surface area contributed by atoms with Crippen molar-refractivity contribution in [3.05, 3.63) is 58.1 Å². The van der Waals surface area contributed by atoms with E-state index in [0.29, 0.717) is 11.6 Å². The summed E-state index contributed by atoms with van der Waals surface area (Å²) in [6, 6.07) is 13.4. The molecule has 0 aromatic heterocycles. The molecule has 3 nitrogen and oxygen atoms in total. The fourth-order valence-electron chi connectivity index (χ4n) is 2.75. The first kappa shape index (κ1) is 13.0. The molecule has 106 valence electrons. The normalized spacial score (nSPS) is 19.6. The predicted octanol–water partition coefficient (Wildman–Crippen LogP) is 4.23. The van der Waals surface area contributed by atoms with Crippen LogP contribution in [0.4, 0.5) is 5.69 Å². The quantitative estimate of drug-likeness (QED) is 0.786. The number of hydrogen-bond donors (Lipinski definition) is 0. The summed E-state index contributed by atoms with van der Waals surface area (Å²) in [5.41, 5.74) is 3.08. The average Bonchev–Trinajstić information content (AvgIpc) is 2.92. The van der Waals surface area contributed by atoms with Gasteiger partial charge in [0.05, 0.1) is 30.5 Å². The van der Waals surface area contributed by atoms with E-state index in [1.807, 2.05) is 47.5 Å². The van der Waals surface area contributed by atoms with E-state index in [1.54, 1.807) is 0 Å². The van der Waals surface area contributed by atoms with Crippen LogP contribution in [0.5, 0.6) is 5.75 Å². The Balaban J connectivity index is 1.73. The summed E-state index contributed by atoms with van der Waals surface area (Å²) >= 11 is 12.0. The van der Waals surface area contributed by atoms with Crippen molar-refractivity contribution in [1.82, 2.24) is 0 Å². The van der Waals surface area contributed by atoms with Crippen molar-refractivity contribution in [3.8, 4) is 5.75 Å². The number of fused-ring (bicyclic) bond motifs is 3. The van der Waals surface area contributed by atoms with Crippen molar-refractivity contribution in [2.75, 3.05) is 18.2 Å². The average molecular weight is 319 g/mol. The third-order valence-electron chi connectivity index (χ3n) is 3.79. The molecule has 1 atom stereocenters. The molecule has 0 amide bonds. The van der Waals surface area contributed by atoms with Gasteiger partial charge in [0.15, 0.2) is 0 Å². The van der Waals surface area contributed by atoms with Crippen LogP contribution in [0.15, 0.2) is 47.6 Å². The van der Waals surface area contributed by atoms with E-state index in [0.717, 1.165) is 34.3 Å². The molecule has 0 radical (unpaired) electrons. The summed E-state index contributed by atoms with van der Waals surface area (Å²) in [5.74, 6) is 1.12. The second-order valence-corrected chi connectivity index (χ2v) is 6.07. The molecule has 2 aliphatic rings. The van der Waals surface area contributed by atoms with Gasteiger partial charge in [-0.1, -0.05) is 23.2 Å². The number of benzene rings is 2. The summed E-state index contributed by atoms with van der Waals surface area (Å²) in [4.78, 5) is 0. The molecular weight excluding hydrogens is 307 g/mol. The van der Waals surface area contributed by atoms with E-state index in [-0.39, 0.29) is 5.92 Å². The largest absolute Gasteiger partial charge is 0.492 e. The number of rotatable bonds is 1. The zero-order valence-electron chi connectivity index (χ0n) is 11.1. The Hall–Kier alpha value is -1.71. The zero-order valence-corrected chi connectivity index (χ0v) is 12.6. The van der Waals surface area contributed by atoms with Crippen LogP contribution in [0.2, 0.25) is 10.0 Å².